The summed E-state index contributed by atoms with van der Waals surface area (Å²) < 4.78 is 6.97. The molecule has 1 aromatic rings. The van der Waals surface area contributed by atoms with Gasteiger partial charge in [-0.05, 0) is 79.0 Å². The molecule has 3 aliphatic carbocycles. The summed E-state index contributed by atoms with van der Waals surface area (Å²) in [6.07, 6.45) is 6.28. The van der Waals surface area contributed by atoms with Crippen molar-refractivity contribution in [3.8, 4) is 0 Å². The van der Waals surface area contributed by atoms with Gasteiger partial charge in [-0.1, -0.05) is 57.2 Å². The van der Waals surface area contributed by atoms with E-state index >= 15 is 0 Å². The highest BCUT2D eigenvalue weighted by atomic mass is 28.4. The van der Waals surface area contributed by atoms with Crippen molar-refractivity contribution in [3.05, 3.63) is 36.4 Å². The van der Waals surface area contributed by atoms with E-state index in [1.165, 1.54) is 36.1 Å². The van der Waals surface area contributed by atoms with Crippen molar-refractivity contribution in [1.82, 2.24) is 0 Å². The zero-order valence-corrected chi connectivity index (χ0v) is 19.1. The summed E-state index contributed by atoms with van der Waals surface area (Å²) in [4.78, 5) is 0. The molecule has 3 heteroatoms. The first kappa shape index (κ1) is 19.1. The predicted molar refractivity (Wildman–Crippen MR) is 115 cm³/mol. The number of hydrogen-bond donors (Lipinski definition) is 0. The fourth-order valence-electron chi connectivity index (χ4n) is 5.65. The molecular formula is C22H36OSi2. The highest BCUT2D eigenvalue weighted by molar-refractivity contribution is 6.92. The molecule has 0 spiro atoms. The van der Waals surface area contributed by atoms with Gasteiger partial charge in [-0.2, -0.15) is 0 Å². The van der Waals surface area contributed by atoms with E-state index in [1.54, 1.807) is 0 Å². The summed E-state index contributed by atoms with van der Waals surface area (Å²) >= 11 is 0. The van der Waals surface area contributed by atoms with E-state index < -0.39 is 16.6 Å². The van der Waals surface area contributed by atoms with Gasteiger partial charge in [-0.3, -0.25) is 0 Å². The molecule has 2 bridgehead atoms. The van der Waals surface area contributed by atoms with Gasteiger partial charge in [0.2, 0.25) is 8.32 Å². The van der Waals surface area contributed by atoms with Crippen LogP contribution >= 0.6 is 0 Å². The average molecular weight is 373 g/mol. The second-order valence-corrected chi connectivity index (χ2v) is 18.4. The van der Waals surface area contributed by atoms with Crippen LogP contribution in [0.3, 0.4) is 0 Å². The van der Waals surface area contributed by atoms with Crippen LogP contribution in [0.25, 0.3) is 6.08 Å². The minimum Gasteiger partial charge on any atom is -0.452 e. The lowest BCUT2D eigenvalue weighted by Crippen LogP contribution is -2.56. The van der Waals surface area contributed by atoms with E-state index in [2.05, 4.69) is 70.9 Å². The van der Waals surface area contributed by atoms with Crippen molar-refractivity contribution in [2.24, 2.45) is 23.2 Å². The van der Waals surface area contributed by atoms with Gasteiger partial charge in [0.15, 0.2) is 8.32 Å². The van der Waals surface area contributed by atoms with Gasteiger partial charge >= 0.3 is 0 Å². The Bertz CT molecular complexity index is 628. The fraction of sp³-hybridized carbons (Fsp3) is 0.636. The van der Waals surface area contributed by atoms with Crippen LogP contribution in [0.2, 0.25) is 32.2 Å². The van der Waals surface area contributed by atoms with Crippen LogP contribution in [-0.4, -0.2) is 16.6 Å². The lowest BCUT2D eigenvalue weighted by Gasteiger charge is -2.61. The Morgan fingerprint density at radius 1 is 1.12 bits per heavy atom. The quantitative estimate of drug-likeness (QED) is 0.553. The van der Waals surface area contributed by atoms with Crippen LogP contribution in [0.4, 0.5) is 0 Å². The summed E-state index contributed by atoms with van der Waals surface area (Å²) in [5, 5.41) is 1.41. The van der Waals surface area contributed by atoms with Crippen LogP contribution in [-0.2, 0) is 4.12 Å². The molecule has 0 heterocycles. The summed E-state index contributed by atoms with van der Waals surface area (Å²) in [7, 11) is -3.52. The standard InChI is InChI=1S/C22H36OSi2/c1-8-17-9-13-20(14-10-17)25(6,7)23-24(4,5)16-18-11-12-19-15-21(18)22(19,2)3/h8-10,13-14,18-19,21H,1,11-12,15-16H2,2-7H3. The Morgan fingerprint density at radius 2 is 1.76 bits per heavy atom. The van der Waals surface area contributed by atoms with E-state index in [-0.39, 0.29) is 0 Å². The molecule has 3 atom stereocenters. The van der Waals surface area contributed by atoms with E-state index in [4.69, 9.17) is 4.12 Å². The van der Waals surface area contributed by atoms with Gasteiger partial charge in [-0.15, -0.1) is 0 Å². The third-order valence-electron chi connectivity index (χ3n) is 7.13. The van der Waals surface area contributed by atoms with Gasteiger partial charge in [-0.25, -0.2) is 0 Å². The average Bonchev–Trinajstić information content (AvgIpc) is 2.53. The molecule has 0 amide bonds. The normalized spacial score (nSPS) is 28.3. The Hall–Kier alpha value is -0.646. The first-order valence-corrected chi connectivity index (χ1v) is 16.0. The molecule has 3 aliphatic rings. The summed E-state index contributed by atoms with van der Waals surface area (Å²) in [5.41, 5.74) is 1.77. The SMILES string of the molecule is C=Cc1ccc([Si](C)(C)O[Si](C)(C)CC2CCC3CC2C3(C)C)cc1. The van der Waals surface area contributed by atoms with Gasteiger partial charge in [0.1, 0.15) is 0 Å². The van der Waals surface area contributed by atoms with E-state index in [0.29, 0.717) is 5.41 Å². The van der Waals surface area contributed by atoms with Crippen molar-refractivity contribution >= 4 is 27.9 Å². The summed E-state index contributed by atoms with van der Waals surface area (Å²) in [6.45, 7) is 18.5. The molecule has 1 nitrogen and oxygen atoms in total. The van der Waals surface area contributed by atoms with Crippen molar-refractivity contribution in [3.63, 3.8) is 0 Å². The molecule has 0 aromatic heterocycles. The Labute approximate surface area is 157 Å². The molecule has 0 N–H and O–H groups in total. The summed E-state index contributed by atoms with van der Waals surface area (Å²) in [6, 6.07) is 10.2. The van der Waals surface area contributed by atoms with Gasteiger partial charge in [0.05, 0.1) is 0 Å². The Kier molecular flexibility index (Phi) is 4.98. The van der Waals surface area contributed by atoms with Crippen LogP contribution in [0.5, 0.6) is 0 Å². The second kappa shape index (κ2) is 6.51. The predicted octanol–water partition coefficient (Wildman–Crippen LogP) is 6.04. The maximum absolute atomic E-state index is 6.97. The van der Waals surface area contributed by atoms with Crippen molar-refractivity contribution in [2.45, 2.75) is 65.3 Å². The Balaban J connectivity index is 1.68. The first-order chi connectivity index (χ1) is 11.5. The molecular weight excluding hydrogens is 336 g/mol. The summed E-state index contributed by atoms with van der Waals surface area (Å²) in [5.74, 6) is 2.83. The van der Waals surface area contributed by atoms with Crippen LogP contribution in [0, 0.1) is 23.2 Å². The minimum absolute atomic E-state index is 0.584. The molecule has 4 rings (SSSR count). The molecule has 0 aliphatic heterocycles. The molecule has 0 saturated heterocycles. The molecule has 3 saturated carbocycles. The molecule has 25 heavy (non-hydrogen) atoms. The number of fused-ring (bicyclic) bond motifs is 2. The minimum atomic E-state index is -1.85. The van der Waals surface area contributed by atoms with Crippen molar-refractivity contribution < 1.29 is 4.12 Å². The van der Waals surface area contributed by atoms with Gasteiger partial charge < -0.3 is 4.12 Å². The first-order valence-electron chi connectivity index (χ1n) is 9.98. The van der Waals surface area contributed by atoms with Crippen LogP contribution in [0.1, 0.15) is 38.7 Å². The molecule has 0 radical (unpaired) electrons. The smallest absolute Gasteiger partial charge is 0.205 e. The van der Waals surface area contributed by atoms with E-state index in [9.17, 15) is 0 Å². The topological polar surface area (TPSA) is 9.23 Å². The van der Waals surface area contributed by atoms with Gasteiger partial charge in [0.25, 0.3) is 0 Å². The molecule has 3 unspecified atom stereocenters. The maximum Gasteiger partial charge on any atom is 0.205 e. The lowest BCUT2D eigenvalue weighted by molar-refractivity contribution is -0.0995. The molecule has 1 aromatic carbocycles. The maximum atomic E-state index is 6.97. The number of hydrogen-bond acceptors (Lipinski definition) is 1. The zero-order valence-electron chi connectivity index (χ0n) is 17.1. The Morgan fingerprint density at radius 3 is 2.28 bits per heavy atom. The van der Waals surface area contributed by atoms with Gasteiger partial charge in [0, 0.05) is 0 Å². The van der Waals surface area contributed by atoms with Crippen molar-refractivity contribution in [2.75, 3.05) is 0 Å². The third kappa shape index (κ3) is 3.74. The lowest BCUT2D eigenvalue weighted by atomic mass is 9.46. The monoisotopic (exact) mass is 372 g/mol. The fourth-order valence-corrected chi connectivity index (χ4v) is 14.7. The van der Waals surface area contributed by atoms with Crippen LogP contribution in [0.15, 0.2) is 30.8 Å². The third-order valence-corrected chi connectivity index (χ3v) is 14.6. The van der Waals surface area contributed by atoms with E-state index in [1.807, 2.05) is 6.08 Å². The highest BCUT2D eigenvalue weighted by Crippen LogP contribution is 2.62. The van der Waals surface area contributed by atoms with E-state index in [0.717, 1.165) is 17.8 Å². The molecule has 3 fully saturated rings. The van der Waals surface area contributed by atoms with Crippen LogP contribution < -0.4 is 5.19 Å². The number of benzene rings is 1. The highest BCUT2D eigenvalue weighted by Gasteiger charge is 2.55. The zero-order chi connectivity index (χ0) is 18.5. The number of rotatable bonds is 6. The molecule has 138 valence electrons. The largest absolute Gasteiger partial charge is 0.452 e. The van der Waals surface area contributed by atoms with Crippen molar-refractivity contribution in [1.29, 1.82) is 0 Å². The second-order valence-electron chi connectivity index (χ2n) is 10.1.